The number of hydrogen-bond acceptors (Lipinski definition) is 7. The number of halogens is 1. The van der Waals surface area contributed by atoms with Crippen LogP contribution in [0.3, 0.4) is 0 Å². The lowest BCUT2D eigenvalue weighted by Crippen LogP contribution is -2.10. The van der Waals surface area contributed by atoms with Gasteiger partial charge in [-0.1, -0.05) is 34.9 Å². The molecule has 3 heterocycles. The molecule has 4 rings (SSSR count). The molecule has 0 saturated heterocycles. The van der Waals surface area contributed by atoms with E-state index in [1.807, 2.05) is 24.3 Å². The summed E-state index contributed by atoms with van der Waals surface area (Å²) in [5.74, 6) is 0.0489. The van der Waals surface area contributed by atoms with E-state index in [1.54, 1.807) is 0 Å². The van der Waals surface area contributed by atoms with Crippen LogP contribution >= 0.6 is 22.9 Å². The molecular formula is C15H10ClN3O4S. The number of carbonyl (C=O) groups is 1. The topological polar surface area (TPSA) is 86.5 Å². The summed E-state index contributed by atoms with van der Waals surface area (Å²) in [4.78, 5) is 12.8. The molecule has 1 amide bonds. The van der Waals surface area contributed by atoms with Gasteiger partial charge in [-0.3, -0.25) is 10.1 Å². The molecule has 24 heavy (non-hydrogen) atoms. The highest BCUT2D eigenvalue weighted by Gasteiger charge is 2.21. The van der Waals surface area contributed by atoms with Crippen molar-refractivity contribution >= 4 is 50.7 Å². The molecule has 1 aromatic carbocycles. The summed E-state index contributed by atoms with van der Waals surface area (Å²) in [6, 6.07) is 7.48. The second-order valence-electron chi connectivity index (χ2n) is 4.81. The van der Waals surface area contributed by atoms with E-state index in [2.05, 4.69) is 15.5 Å². The molecule has 0 spiro atoms. The van der Waals surface area contributed by atoms with Crippen molar-refractivity contribution < 1.29 is 18.7 Å². The predicted octanol–water partition coefficient (Wildman–Crippen LogP) is 3.54. The molecule has 1 N–H and O–H groups in total. The lowest BCUT2D eigenvalue weighted by atomic mass is 10.2. The van der Waals surface area contributed by atoms with Crippen LogP contribution in [0.15, 0.2) is 34.9 Å². The SMILES string of the molecule is O=C(Nc1nnc(C2=COCCO2)o1)c1sc2ccccc2c1Cl. The summed E-state index contributed by atoms with van der Waals surface area (Å²) < 4.78 is 16.8. The third kappa shape index (κ3) is 2.70. The van der Waals surface area contributed by atoms with Crippen LogP contribution in [0.4, 0.5) is 6.01 Å². The van der Waals surface area contributed by atoms with Gasteiger partial charge in [0, 0.05) is 10.1 Å². The van der Waals surface area contributed by atoms with Gasteiger partial charge in [-0.05, 0) is 6.07 Å². The second kappa shape index (κ2) is 6.14. The first-order valence-corrected chi connectivity index (χ1v) is 8.18. The van der Waals surface area contributed by atoms with Gasteiger partial charge < -0.3 is 13.9 Å². The molecule has 1 aliphatic rings. The number of rotatable bonds is 3. The molecule has 3 aromatic rings. The smallest absolute Gasteiger partial charge is 0.322 e. The molecule has 9 heteroatoms. The van der Waals surface area contributed by atoms with Gasteiger partial charge in [0.25, 0.3) is 11.8 Å². The fourth-order valence-corrected chi connectivity index (χ4v) is 3.58. The first-order chi connectivity index (χ1) is 11.7. The molecule has 0 radical (unpaired) electrons. The van der Waals surface area contributed by atoms with E-state index < -0.39 is 5.91 Å². The average molecular weight is 364 g/mol. The monoisotopic (exact) mass is 363 g/mol. The Morgan fingerprint density at radius 3 is 2.92 bits per heavy atom. The minimum Gasteiger partial charge on any atom is -0.494 e. The van der Waals surface area contributed by atoms with Crippen LogP contribution in [0.1, 0.15) is 15.6 Å². The second-order valence-corrected chi connectivity index (χ2v) is 6.24. The number of nitrogens with one attached hydrogen (secondary N) is 1. The van der Waals surface area contributed by atoms with Crippen molar-refractivity contribution in [2.24, 2.45) is 0 Å². The molecule has 0 unspecified atom stereocenters. The third-order valence-corrected chi connectivity index (χ3v) is 4.92. The number of aromatic nitrogens is 2. The van der Waals surface area contributed by atoms with E-state index >= 15 is 0 Å². The lowest BCUT2D eigenvalue weighted by Gasteiger charge is -2.11. The normalized spacial score (nSPS) is 14.0. The zero-order valence-corrected chi connectivity index (χ0v) is 13.7. The van der Waals surface area contributed by atoms with Crippen LogP contribution in [0.5, 0.6) is 0 Å². The fraction of sp³-hybridized carbons (Fsp3) is 0.133. The van der Waals surface area contributed by atoms with Crippen LogP contribution in [-0.2, 0) is 9.47 Å². The summed E-state index contributed by atoms with van der Waals surface area (Å²) in [6.07, 6.45) is 1.39. The summed E-state index contributed by atoms with van der Waals surface area (Å²) in [6.45, 7) is 0.860. The molecule has 0 atom stereocenters. The maximum atomic E-state index is 12.4. The Labute approximate surface area is 144 Å². The minimum absolute atomic E-state index is 0.0430. The number of anilines is 1. The van der Waals surface area contributed by atoms with Gasteiger partial charge in [-0.25, -0.2) is 0 Å². The Hall–Kier alpha value is -2.58. The van der Waals surface area contributed by atoms with E-state index in [0.717, 1.165) is 10.1 Å². The summed E-state index contributed by atoms with van der Waals surface area (Å²) in [5.41, 5.74) is 0. The number of amides is 1. The third-order valence-electron chi connectivity index (χ3n) is 3.25. The summed E-state index contributed by atoms with van der Waals surface area (Å²) in [5, 5.41) is 11.4. The Balaban J connectivity index is 1.56. The highest BCUT2D eigenvalue weighted by Crippen LogP contribution is 2.35. The van der Waals surface area contributed by atoms with Crippen molar-refractivity contribution in [1.29, 1.82) is 0 Å². The number of benzene rings is 1. The van der Waals surface area contributed by atoms with Crippen molar-refractivity contribution in [2.75, 3.05) is 18.5 Å². The highest BCUT2D eigenvalue weighted by atomic mass is 35.5. The Bertz CT molecular complexity index is 949. The number of fused-ring (bicyclic) bond motifs is 1. The first-order valence-electron chi connectivity index (χ1n) is 6.99. The van der Waals surface area contributed by atoms with Gasteiger partial charge in [-0.15, -0.1) is 16.4 Å². The lowest BCUT2D eigenvalue weighted by molar-refractivity contribution is 0.102. The highest BCUT2D eigenvalue weighted by molar-refractivity contribution is 7.21. The van der Waals surface area contributed by atoms with Crippen LogP contribution < -0.4 is 5.32 Å². The first kappa shape index (κ1) is 15.0. The zero-order valence-electron chi connectivity index (χ0n) is 12.1. The van der Waals surface area contributed by atoms with Gasteiger partial charge >= 0.3 is 6.01 Å². The number of nitrogens with zero attached hydrogens (tertiary/aromatic N) is 2. The Morgan fingerprint density at radius 2 is 2.12 bits per heavy atom. The maximum absolute atomic E-state index is 12.4. The zero-order chi connectivity index (χ0) is 16.5. The molecule has 122 valence electrons. The molecular weight excluding hydrogens is 354 g/mol. The van der Waals surface area contributed by atoms with Gasteiger partial charge in [0.2, 0.25) is 5.76 Å². The molecule has 2 aromatic heterocycles. The van der Waals surface area contributed by atoms with Crippen molar-refractivity contribution in [1.82, 2.24) is 10.2 Å². The van der Waals surface area contributed by atoms with E-state index in [1.165, 1.54) is 17.6 Å². The molecule has 7 nitrogen and oxygen atoms in total. The van der Waals surface area contributed by atoms with Crippen LogP contribution in [0.2, 0.25) is 5.02 Å². The van der Waals surface area contributed by atoms with Crippen molar-refractivity contribution in [3.05, 3.63) is 46.3 Å². The number of hydrogen-bond donors (Lipinski definition) is 1. The van der Waals surface area contributed by atoms with Gasteiger partial charge in [0.05, 0.1) is 5.02 Å². The van der Waals surface area contributed by atoms with E-state index in [4.69, 9.17) is 25.5 Å². The summed E-state index contributed by atoms with van der Waals surface area (Å²) >= 11 is 7.58. The summed E-state index contributed by atoms with van der Waals surface area (Å²) in [7, 11) is 0. The fourth-order valence-electron chi connectivity index (χ4n) is 2.17. The van der Waals surface area contributed by atoms with Crippen molar-refractivity contribution in [3.8, 4) is 0 Å². The molecule has 0 saturated carbocycles. The quantitative estimate of drug-likeness (QED) is 0.766. The molecule has 0 bridgehead atoms. The Kier molecular flexibility index (Phi) is 3.83. The van der Waals surface area contributed by atoms with Crippen molar-refractivity contribution in [2.45, 2.75) is 0 Å². The van der Waals surface area contributed by atoms with Crippen molar-refractivity contribution in [3.63, 3.8) is 0 Å². The Morgan fingerprint density at radius 1 is 1.25 bits per heavy atom. The predicted molar refractivity (Wildman–Crippen MR) is 89.0 cm³/mol. The number of carbonyl (C=O) groups excluding carboxylic acids is 1. The minimum atomic E-state index is -0.411. The van der Waals surface area contributed by atoms with E-state index in [0.29, 0.717) is 28.9 Å². The standard InChI is InChI=1S/C15H10ClN3O4S/c16-11-8-3-1-2-4-10(8)24-12(11)13(20)17-15-19-18-14(23-15)9-7-21-5-6-22-9/h1-4,7H,5-6H2,(H,17,19,20). The average Bonchev–Trinajstić information content (AvgIpc) is 3.21. The number of ether oxygens (including phenoxy) is 2. The maximum Gasteiger partial charge on any atom is 0.322 e. The van der Waals surface area contributed by atoms with Gasteiger partial charge in [0.15, 0.2) is 0 Å². The molecule has 0 fully saturated rings. The largest absolute Gasteiger partial charge is 0.494 e. The van der Waals surface area contributed by atoms with Gasteiger partial charge in [-0.2, -0.15) is 0 Å². The number of thiophene rings is 1. The molecule has 0 aliphatic carbocycles. The van der Waals surface area contributed by atoms with Gasteiger partial charge in [0.1, 0.15) is 24.4 Å². The molecule has 1 aliphatic heterocycles. The van der Waals surface area contributed by atoms with E-state index in [9.17, 15) is 4.79 Å². The van der Waals surface area contributed by atoms with Crippen LogP contribution in [0, 0.1) is 0 Å². The van der Waals surface area contributed by atoms with E-state index in [-0.39, 0.29) is 11.9 Å². The van der Waals surface area contributed by atoms with Crippen LogP contribution in [-0.4, -0.2) is 29.3 Å². The van der Waals surface area contributed by atoms with Crippen LogP contribution in [0.25, 0.3) is 15.8 Å².